The first-order valence-corrected chi connectivity index (χ1v) is 7.87. The van der Waals surface area contributed by atoms with Gasteiger partial charge in [0, 0.05) is 19.7 Å². The van der Waals surface area contributed by atoms with Crippen molar-refractivity contribution in [2.24, 2.45) is 5.10 Å². The molecule has 0 atom stereocenters. The Kier molecular flexibility index (Phi) is 4.98. The van der Waals surface area contributed by atoms with E-state index in [4.69, 9.17) is 4.42 Å². The number of hydrogen-bond acceptors (Lipinski definition) is 6. The number of carbonyl (C=O) groups is 1. The van der Waals surface area contributed by atoms with Crippen LogP contribution in [-0.2, 0) is 0 Å². The summed E-state index contributed by atoms with van der Waals surface area (Å²) in [7, 11) is 3.26. The van der Waals surface area contributed by atoms with Gasteiger partial charge in [-0.3, -0.25) is 10.2 Å². The second-order valence-electron chi connectivity index (χ2n) is 5.79. The molecule has 26 heavy (non-hydrogen) atoms. The fraction of sp³-hybridized carbons (Fsp3) is 0.105. The first kappa shape index (κ1) is 17.2. The highest BCUT2D eigenvalue weighted by atomic mass is 16.3. The molecule has 0 bridgehead atoms. The average Bonchev–Trinajstić information content (AvgIpc) is 3.18. The quantitative estimate of drug-likeness (QED) is 0.545. The van der Waals surface area contributed by atoms with E-state index in [0.717, 1.165) is 11.3 Å². The van der Waals surface area contributed by atoms with Gasteiger partial charge < -0.3 is 14.4 Å². The zero-order valence-corrected chi connectivity index (χ0v) is 14.4. The lowest BCUT2D eigenvalue weighted by molar-refractivity contribution is 0.0824. The third-order valence-corrected chi connectivity index (χ3v) is 3.67. The molecule has 0 spiro atoms. The molecule has 3 rings (SSSR count). The predicted octanol–water partition coefficient (Wildman–Crippen LogP) is 3.20. The highest BCUT2D eigenvalue weighted by Gasteiger charge is 2.13. The van der Waals surface area contributed by atoms with E-state index in [1.807, 2.05) is 24.3 Å². The Bertz CT molecular complexity index is 916. The molecule has 7 heteroatoms. The molecule has 3 aromatic rings. The van der Waals surface area contributed by atoms with Gasteiger partial charge in [0.15, 0.2) is 12.2 Å². The maximum atomic E-state index is 12.0. The summed E-state index contributed by atoms with van der Waals surface area (Å²) >= 11 is 0. The summed E-state index contributed by atoms with van der Waals surface area (Å²) in [6, 6.07) is 12.3. The largest absolute Gasteiger partial charge is 0.507 e. The lowest BCUT2D eigenvalue weighted by Crippen LogP contribution is -2.21. The third kappa shape index (κ3) is 3.89. The van der Waals surface area contributed by atoms with Crippen LogP contribution in [0.3, 0.4) is 0 Å². The molecule has 1 heterocycles. The van der Waals surface area contributed by atoms with Crippen LogP contribution in [0.25, 0.3) is 11.3 Å². The first-order chi connectivity index (χ1) is 12.5. The number of nitrogens with one attached hydrogen (secondary N) is 1. The number of aromatic nitrogens is 1. The molecule has 0 unspecified atom stereocenters. The predicted molar refractivity (Wildman–Crippen MR) is 99.3 cm³/mol. The van der Waals surface area contributed by atoms with E-state index < -0.39 is 0 Å². The lowest BCUT2D eigenvalue weighted by atomic mass is 10.1. The van der Waals surface area contributed by atoms with Crippen molar-refractivity contribution < 1.29 is 14.3 Å². The molecule has 0 aliphatic heterocycles. The Morgan fingerprint density at radius 1 is 1.23 bits per heavy atom. The number of amides is 1. The number of oxazole rings is 1. The normalized spacial score (nSPS) is 10.8. The summed E-state index contributed by atoms with van der Waals surface area (Å²) in [6.07, 6.45) is 4.62. The van der Waals surface area contributed by atoms with Gasteiger partial charge in [-0.05, 0) is 48.0 Å². The van der Waals surface area contributed by atoms with Gasteiger partial charge >= 0.3 is 0 Å². The van der Waals surface area contributed by atoms with Crippen LogP contribution in [0, 0.1) is 0 Å². The first-order valence-electron chi connectivity index (χ1n) is 7.87. The van der Waals surface area contributed by atoms with Crippen LogP contribution in [0.1, 0.15) is 15.9 Å². The monoisotopic (exact) mass is 350 g/mol. The van der Waals surface area contributed by atoms with Crippen LogP contribution in [0.2, 0.25) is 0 Å². The van der Waals surface area contributed by atoms with Gasteiger partial charge in [0.05, 0.1) is 23.7 Å². The van der Waals surface area contributed by atoms with Gasteiger partial charge in [-0.25, -0.2) is 4.98 Å². The third-order valence-electron chi connectivity index (χ3n) is 3.67. The van der Waals surface area contributed by atoms with Crippen molar-refractivity contribution in [3.63, 3.8) is 0 Å². The second kappa shape index (κ2) is 7.52. The molecule has 0 aliphatic rings. The van der Waals surface area contributed by atoms with E-state index in [0.29, 0.717) is 11.3 Å². The smallest absolute Gasteiger partial charge is 0.257 e. The number of benzene rings is 2. The Morgan fingerprint density at radius 3 is 2.65 bits per heavy atom. The Morgan fingerprint density at radius 2 is 2.00 bits per heavy atom. The number of nitrogens with zero attached hydrogens (tertiary/aromatic N) is 3. The number of hydrogen-bond donors (Lipinski definition) is 2. The SMILES string of the molecule is CN(C)C(=O)c1cc(/C=N/Nc2ccc(-c3cnco3)cc2)ccc1O. The summed E-state index contributed by atoms with van der Waals surface area (Å²) in [6.45, 7) is 0. The number of hydrazone groups is 1. The van der Waals surface area contributed by atoms with Gasteiger partial charge in [0.25, 0.3) is 5.91 Å². The number of rotatable bonds is 5. The van der Waals surface area contributed by atoms with E-state index >= 15 is 0 Å². The summed E-state index contributed by atoms with van der Waals surface area (Å²) in [5, 5.41) is 14.0. The van der Waals surface area contributed by atoms with Gasteiger partial charge in [-0.1, -0.05) is 0 Å². The van der Waals surface area contributed by atoms with Crippen molar-refractivity contribution in [1.29, 1.82) is 0 Å². The van der Waals surface area contributed by atoms with Gasteiger partial charge in [-0.2, -0.15) is 5.10 Å². The molecule has 2 N–H and O–H groups in total. The van der Waals surface area contributed by atoms with Gasteiger partial charge in [0.2, 0.25) is 0 Å². The highest BCUT2D eigenvalue weighted by Crippen LogP contribution is 2.21. The molecule has 0 saturated carbocycles. The Balaban J connectivity index is 1.69. The van der Waals surface area contributed by atoms with Crippen molar-refractivity contribution in [2.75, 3.05) is 19.5 Å². The van der Waals surface area contributed by atoms with Crippen molar-refractivity contribution in [2.45, 2.75) is 0 Å². The standard InChI is InChI=1S/C19H18N4O3/c1-23(2)19(25)16-9-13(3-8-17(16)24)10-21-22-15-6-4-14(5-7-15)18-11-20-12-26-18/h3-12,22,24H,1-2H3/b21-10+. The Labute approximate surface area is 150 Å². The van der Waals surface area contributed by atoms with Crippen molar-refractivity contribution in [3.8, 4) is 17.1 Å². The van der Waals surface area contributed by atoms with E-state index in [-0.39, 0.29) is 17.2 Å². The summed E-state index contributed by atoms with van der Waals surface area (Å²) in [4.78, 5) is 17.3. The molecule has 1 aromatic heterocycles. The maximum absolute atomic E-state index is 12.0. The fourth-order valence-corrected chi connectivity index (χ4v) is 2.29. The molecule has 7 nitrogen and oxygen atoms in total. The van der Waals surface area contributed by atoms with Crippen molar-refractivity contribution >= 4 is 17.8 Å². The molecule has 0 saturated heterocycles. The maximum Gasteiger partial charge on any atom is 0.257 e. The number of phenols is 1. The van der Waals surface area contributed by atoms with Crippen molar-refractivity contribution in [3.05, 3.63) is 66.2 Å². The van der Waals surface area contributed by atoms with Crippen LogP contribution < -0.4 is 5.43 Å². The summed E-state index contributed by atoms with van der Waals surface area (Å²) in [5.41, 5.74) is 5.56. The zero-order chi connectivity index (χ0) is 18.5. The van der Waals surface area contributed by atoms with E-state index in [1.54, 1.807) is 38.6 Å². The second-order valence-corrected chi connectivity index (χ2v) is 5.79. The minimum Gasteiger partial charge on any atom is -0.507 e. The fourth-order valence-electron chi connectivity index (χ4n) is 2.29. The van der Waals surface area contributed by atoms with Gasteiger partial charge in [0.1, 0.15) is 5.75 Å². The van der Waals surface area contributed by atoms with Gasteiger partial charge in [-0.15, -0.1) is 0 Å². The van der Waals surface area contributed by atoms with E-state index in [9.17, 15) is 9.90 Å². The van der Waals surface area contributed by atoms with Crippen LogP contribution >= 0.6 is 0 Å². The Hall–Kier alpha value is -3.61. The van der Waals surface area contributed by atoms with Crippen LogP contribution in [0.15, 0.2) is 64.6 Å². The zero-order valence-electron chi connectivity index (χ0n) is 14.4. The molecule has 0 radical (unpaired) electrons. The van der Waals surface area contributed by atoms with Crippen LogP contribution in [-0.4, -0.2) is 41.2 Å². The molecule has 132 valence electrons. The van der Waals surface area contributed by atoms with Crippen LogP contribution in [0.4, 0.5) is 5.69 Å². The number of carbonyl (C=O) groups excluding carboxylic acids is 1. The summed E-state index contributed by atoms with van der Waals surface area (Å²) < 4.78 is 5.24. The average molecular weight is 350 g/mol. The van der Waals surface area contributed by atoms with E-state index in [1.165, 1.54) is 17.4 Å². The number of aromatic hydroxyl groups is 1. The highest BCUT2D eigenvalue weighted by molar-refractivity contribution is 5.98. The minimum atomic E-state index is -0.270. The lowest BCUT2D eigenvalue weighted by Gasteiger charge is -2.11. The van der Waals surface area contributed by atoms with E-state index in [2.05, 4.69) is 15.5 Å². The molecular weight excluding hydrogens is 332 g/mol. The molecule has 2 aromatic carbocycles. The topological polar surface area (TPSA) is 91.0 Å². The molecule has 0 aliphatic carbocycles. The molecular formula is C19H18N4O3. The minimum absolute atomic E-state index is 0.0585. The molecule has 0 fully saturated rings. The van der Waals surface area contributed by atoms with Crippen molar-refractivity contribution in [1.82, 2.24) is 9.88 Å². The number of anilines is 1. The number of phenolic OH excluding ortho intramolecular Hbond substituents is 1. The summed E-state index contributed by atoms with van der Waals surface area (Å²) in [5.74, 6) is 0.368. The van der Waals surface area contributed by atoms with Crippen LogP contribution in [0.5, 0.6) is 5.75 Å². The molecule has 1 amide bonds.